The maximum Gasteiger partial charge on any atom is 0.338 e. The lowest BCUT2D eigenvalue weighted by molar-refractivity contribution is 0.0526. The minimum Gasteiger partial charge on any atom is -0.462 e. The third-order valence-corrected chi connectivity index (χ3v) is 4.80. The highest BCUT2D eigenvalue weighted by Crippen LogP contribution is 2.13. The van der Waals surface area contributed by atoms with Crippen LogP contribution in [0.1, 0.15) is 22.8 Å². The second-order valence-electron chi connectivity index (χ2n) is 6.35. The van der Waals surface area contributed by atoms with Crippen LogP contribution in [0.15, 0.2) is 48.8 Å². The molecule has 1 aromatic carbocycles. The molecule has 3 rings (SSSR count). The quantitative estimate of drug-likeness (QED) is 0.628. The molecule has 0 spiro atoms. The summed E-state index contributed by atoms with van der Waals surface area (Å²) in [5.41, 5.74) is 2.64. The fourth-order valence-electron chi connectivity index (χ4n) is 2.97. The van der Waals surface area contributed by atoms with Crippen LogP contribution < -0.4 is 5.32 Å². The zero-order chi connectivity index (χ0) is 19.1. The van der Waals surface area contributed by atoms with Gasteiger partial charge in [-0.2, -0.15) is 0 Å². The SMILES string of the molecule is CCOC(=O)c1ccc(NC(=S)N2CCN(Cc3cccnc3)CC2)cc1. The molecule has 1 aromatic heterocycles. The highest BCUT2D eigenvalue weighted by molar-refractivity contribution is 7.80. The first-order chi connectivity index (χ1) is 13.2. The summed E-state index contributed by atoms with van der Waals surface area (Å²) in [4.78, 5) is 20.5. The Morgan fingerprint density at radius 1 is 1.19 bits per heavy atom. The van der Waals surface area contributed by atoms with Crippen molar-refractivity contribution in [2.75, 3.05) is 38.1 Å². The van der Waals surface area contributed by atoms with Gasteiger partial charge in [-0.1, -0.05) is 6.07 Å². The van der Waals surface area contributed by atoms with E-state index >= 15 is 0 Å². The number of hydrogen-bond acceptors (Lipinski definition) is 5. The summed E-state index contributed by atoms with van der Waals surface area (Å²) in [6, 6.07) is 11.3. The van der Waals surface area contributed by atoms with E-state index in [0.29, 0.717) is 17.3 Å². The van der Waals surface area contributed by atoms with Gasteiger partial charge in [0.05, 0.1) is 12.2 Å². The molecule has 1 N–H and O–H groups in total. The van der Waals surface area contributed by atoms with Gasteiger partial charge in [0.1, 0.15) is 0 Å². The van der Waals surface area contributed by atoms with Crippen molar-refractivity contribution in [1.29, 1.82) is 0 Å². The lowest BCUT2D eigenvalue weighted by atomic mass is 10.2. The Kier molecular flexibility index (Phi) is 6.73. The van der Waals surface area contributed by atoms with E-state index in [4.69, 9.17) is 17.0 Å². The van der Waals surface area contributed by atoms with Gasteiger partial charge in [0, 0.05) is 50.8 Å². The second kappa shape index (κ2) is 9.43. The van der Waals surface area contributed by atoms with Gasteiger partial charge in [0.2, 0.25) is 0 Å². The molecule has 1 aliphatic rings. The zero-order valence-corrected chi connectivity index (χ0v) is 16.2. The van der Waals surface area contributed by atoms with Crippen LogP contribution in [0.25, 0.3) is 0 Å². The first kappa shape index (κ1) is 19.3. The Hall–Kier alpha value is -2.51. The number of piperazine rings is 1. The van der Waals surface area contributed by atoms with Crippen LogP contribution in [0.3, 0.4) is 0 Å². The number of benzene rings is 1. The van der Waals surface area contributed by atoms with Gasteiger partial charge < -0.3 is 15.0 Å². The first-order valence-corrected chi connectivity index (χ1v) is 9.51. The molecule has 2 aromatic rings. The number of nitrogens with one attached hydrogen (secondary N) is 1. The summed E-state index contributed by atoms with van der Waals surface area (Å²) in [7, 11) is 0. The third kappa shape index (κ3) is 5.48. The summed E-state index contributed by atoms with van der Waals surface area (Å²) < 4.78 is 4.99. The van der Waals surface area contributed by atoms with E-state index in [2.05, 4.69) is 26.2 Å². The van der Waals surface area contributed by atoms with Crippen LogP contribution in [0.4, 0.5) is 5.69 Å². The number of anilines is 1. The number of aromatic nitrogens is 1. The summed E-state index contributed by atoms with van der Waals surface area (Å²) in [6.07, 6.45) is 3.71. The van der Waals surface area contributed by atoms with Crippen molar-refractivity contribution in [2.24, 2.45) is 0 Å². The molecular weight excluding hydrogens is 360 g/mol. The lowest BCUT2D eigenvalue weighted by Crippen LogP contribution is -2.49. The summed E-state index contributed by atoms with van der Waals surface area (Å²) in [5.74, 6) is -0.309. The predicted molar refractivity (Wildman–Crippen MR) is 110 cm³/mol. The minimum absolute atomic E-state index is 0.309. The minimum atomic E-state index is -0.309. The van der Waals surface area contributed by atoms with Crippen molar-refractivity contribution in [3.05, 3.63) is 59.9 Å². The average molecular weight is 385 g/mol. The van der Waals surface area contributed by atoms with E-state index in [9.17, 15) is 4.79 Å². The van der Waals surface area contributed by atoms with Gasteiger partial charge in [-0.05, 0) is 55.0 Å². The van der Waals surface area contributed by atoms with Crippen molar-refractivity contribution in [1.82, 2.24) is 14.8 Å². The Labute approximate surface area is 165 Å². The molecule has 0 unspecified atom stereocenters. The molecule has 0 aliphatic carbocycles. The molecule has 6 nitrogen and oxygen atoms in total. The number of hydrogen-bond donors (Lipinski definition) is 1. The summed E-state index contributed by atoms with van der Waals surface area (Å²) >= 11 is 5.55. The van der Waals surface area contributed by atoms with Gasteiger partial charge in [-0.25, -0.2) is 4.79 Å². The molecule has 142 valence electrons. The number of thiocarbonyl (C=S) groups is 1. The zero-order valence-electron chi connectivity index (χ0n) is 15.4. The maximum atomic E-state index is 11.7. The number of carbonyl (C=O) groups excluding carboxylic acids is 1. The van der Waals surface area contributed by atoms with Crippen molar-refractivity contribution < 1.29 is 9.53 Å². The highest BCUT2D eigenvalue weighted by atomic mass is 32.1. The number of carbonyl (C=O) groups is 1. The van der Waals surface area contributed by atoms with Crippen LogP contribution >= 0.6 is 12.2 Å². The van der Waals surface area contributed by atoms with Crippen LogP contribution in [0.2, 0.25) is 0 Å². The second-order valence-corrected chi connectivity index (χ2v) is 6.74. The molecule has 2 heterocycles. The van der Waals surface area contributed by atoms with Crippen molar-refractivity contribution in [3.63, 3.8) is 0 Å². The summed E-state index contributed by atoms with van der Waals surface area (Å²) in [6.45, 7) is 6.76. The first-order valence-electron chi connectivity index (χ1n) is 9.10. The van der Waals surface area contributed by atoms with Gasteiger partial charge >= 0.3 is 5.97 Å². The average Bonchev–Trinajstić information content (AvgIpc) is 2.70. The normalized spacial score (nSPS) is 14.6. The van der Waals surface area contributed by atoms with E-state index in [1.54, 1.807) is 25.3 Å². The van der Waals surface area contributed by atoms with Gasteiger partial charge in [0.25, 0.3) is 0 Å². The molecule has 7 heteroatoms. The molecule has 0 amide bonds. The maximum absolute atomic E-state index is 11.7. The van der Waals surface area contributed by atoms with E-state index in [1.165, 1.54) is 5.56 Å². The van der Waals surface area contributed by atoms with Crippen molar-refractivity contribution in [3.8, 4) is 0 Å². The van der Waals surface area contributed by atoms with Crippen LogP contribution in [-0.2, 0) is 11.3 Å². The molecule has 1 fully saturated rings. The fourth-order valence-corrected chi connectivity index (χ4v) is 3.27. The van der Waals surface area contributed by atoms with Gasteiger partial charge in [0.15, 0.2) is 5.11 Å². The molecule has 27 heavy (non-hydrogen) atoms. The van der Waals surface area contributed by atoms with E-state index in [0.717, 1.165) is 38.4 Å². The molecule has 0 radical (unpaired) electrons. The molecule has 0 atom stereocenters. The number of pyridine rings is 1. The largest absolute Gasteiger partial charge is 0.462 e. The van der Waals surface area contributed by atoms with E-state index in [-0.39, 0.29) is 5.97 Å². The van der Waals surface area contributed by atoms with Crippen molar-refractivity contribution >= 4 is 29.0 Å². The molecular formula is C20H24N4O2S. The summed E-state index contributed by atoms with van der Waals surface area (Å²) in [5, 5.41) is 3.96. The van der Waals surface area contributed by atoms with Crippen LogP contribution in [0.5, 0.6) is 0 Å². The van der Waals surface area contributed by atoms with Crippen molar-refractivity contribution in [2.45, 2.75) is 13.5 Å². The van der Waals surface area contributed by atoms with Crippen LogP contribution in [0, 0.1) is 0 Å². The molecule has 0 saturated carbocycles. The molecule has 0 bridgehead atoms. The van der Waals surface area contributed by atoms with Gasteiger partial charge in [-0.3, -0.25) is 9.88 Å². The Morgan fingerprint density at radius 2 is 1.93 bits per heavy atom. The van der Waals surface area contributed by atoms with E-state index in [1.807, 2.05) is 24.4 Å². The predicted octanol–water partition coefficient (Wildman–Crippen LogP) is 2.77. The fraction of sp³-hybridized carbons (Fsp3) is 0.350. The molecule has 1 saturated heterocycles. The monoisotopic (exact) mass is 384 g/mol. The number of rotatable bonds is 5. The molecule has 1 aliphatic heterocycles. The van der Waals surface area contributed by atoms with E-state index < -0.39 is 0 Å². The van der Waals surface area contributed by atoms with Gasteiger partial charge in [-0.15, -0.1) is 0 Å². The number of ether oxygens (including phenoxy) is 1. The third-order valence-electron chi connectivity index (χ3n) is 4.44. The smallest absolute Gasteiger partial charge is 0.338 e. The lowest BCUT2D eigenvalue weighted by Gasteiger charge is -2.36. The Morgan fingerprint density at radius 3 is 2.56 bits per heavy atom. The Balaban J connectivity index is 1.47. The Bertz CT molecular complexity index is 759. The number of nitrogens with zero attached hydrogens (tertiary/aromatic N) is 3. The standard InChI is InChI=1S/C20H24N4O2S/c1-2-26-19(25)17-5-7-18(8-6-17)22-20(27)24-12-10-23(11-13-24)15-16-4-3-9-21-14-16/h3-9,14H,2,10-13,15H2,1H3,(H,22,27). The number of esters is 1. The topological polar surface area (TPSA) is 57.7 Å². The van der Waals surface area contributed by atoms with Crippen LogP contribution in [-0.4, -0.2) is 58.7 Å². The highest BCUT2D eigenvalue weighted by Gasteiger charge is 2.19.